The number of carboxylic acid groups (broad SMARTS) is 1. The van der Waals surface area contributed by atoms with Gasteiger partial charge in [0.1, 0.15) is 5.69 Å². The maximum Gasteiger partial charge on any atom is 0.309 e. The average molecular weight is 425 g/mol. The lowest BCUT2D eigenvalue weighted by Gasteiger charge is -2.07. The summed E-state index contributed by atoms with van der Waals surface area (Å²) < 4.78 is 5.56. The zero-order valence-corrected chi connectivity index (χ0v) is 16.1. The molecule has 0 unspecified atom stereocenters. The van der Waals surface area contributed by atoms with Gasteiger partial charge < -0.3 is 9.84 Å². The van der Waals surface area contributed by atoms with Crippen LogP contribution >= 0.6 is 34.3 Å². The number of carbonyl (C=O) groups is 2. The highest BCUT2D eigenvalue weighted by Gasteiger charge is 2.15. The molecule has 140 valence electrons. The molecule has 0 spiro atoms. The molecule has 3 aromatic heterocycles. The largest absolute Gasteiger partial charge is 0.481 e. The Morgan fingerprint density at radius 2 is 2.11 bits per heavy atom. The van der Waals surface area contributed by atoms with Gasteiger partial charge in [0.15, 0.2) is 5.13 Å². The van der Waals surface area contributed by atoms with E-state index in [1.54, 1.807) is 16.7 Å². The number of thiophene rings is 1. The summed E-state index contributed by atoms with van der Waals surface area (Å²) in [7, 11) is 0. The minimum Gasteiger partial charge on any atom is -0.481 e. The number of hydrogen-bond donors (Lipinski definition) is 2. The number of rotatable bonds is 8. The zero-order valence-electron chi connectivity index (χ0n) is 13.7. The average Bonchev–Trinajstić information content (AvgIpc) is 3.26. The number of aliphatic carboxylic acids is 1. The molecule has 0 aliphatic carbocycles. The minimum atomic E-state index is -0.995. The van der Waals surface area contributed by atoms with Gasteiger partial charge in [-0.2, -0.15) is 16.3 Å². The molecule has 0 fully saturated rings. The van der Waals surface area contributed by atoms with Crippen LogP contribution in [0.5, 0.6) is 5.88 Å². The van der Waals surface area contributed by atoms with Gasteiger partial charge in [-0.25, -0.2) is 9.97 Å². The first-order chi connectivity index (χ1) is 13.0. The van der Waals surface area contributed by atoms with Gasteiger partial charge in [0.25, 0.3) is 5.91 Å². The van der Waals surface area contributed by atoms with Gasteiger partial charge in [-0.3, -0.25) is 14.9 Å². The summed E-state index contributed by atoms with van der Waals surface area (Å²) in [6.45, 7) is 0.385. The number of carbonyl (C=O) groups excluding carboxylic acids is 1. The van der Waals surface area contributed by atoms with Crippen LogP contribution < -0.4 is 10.1 Å². The second kappa shape index (κ2) is 8.89. The van der Waals surface area contributed by atoms with Crippen molar-refractivity contribution in [3.05, 3.63) is 50.5 Å². The zero-order chi connectivity index (χ0) is 19.2. The fourth-order valence-corrected chi connectivity index (χ4v) is 3.64. The Kier molecular flexibility index (Phi) is 6.32. The molecular weight excluding hydrogens is 412 g/mol. The third kappa shape index (κ3) is 5.71. The van der Waals surface area contributed by atoms with Gasteiger partial charge in [-0.15, -0.1) is 11.3 Å². The molecule has 0 aromatic carbocycles. The molecule has 0 saturated heterocycles. The second-order valence-electron chi connectivity index (χ2n) is 5.26. The summed E-state index contributed by atoms with van der Waals surface area (Å²) in [4.78, 5) is 34.9. The van der Waals surface area contributed by atoms with Crippen LogP contribution in [0.2, 0.25) is 5.28 Å². The van der Waals surface area contributed by atoms with Crippen molar-refractivity contribution in [3.63, 3.8) is 0 Å². The van der Waals surface area contributed by atoms with Crippen molar-refractivity contribution < 1.29 is 19.4 Å². The van der Waals surface area contributed by atoms with E-state index >= 15 is 0 Å². The first-order valence-corrected chi connectivity index (χ1v) is 9.85. The number of hydrogen-bond acceptors (Lipinski definition) is 8. The lowest BCUT2D eigenvalue weighted by Crippen LogP contribution is -2.15. The number of carboxylic acids is 1. The van der Waals surface area contributed by atoms with E-state index in [0.29, 0.717) is 18.7 Å². The molecule has 27 heavy (non-hydrogen) atoms. The molecule has 0 aliphatic rings. The molecule has 0 radical (unpaired) electrons. The second-order valence-corrected chi connectivity index (χ2v) is 7.24. The smallest absolute Gasteiger partial charge is 0.309 e. The molecule has 3 rings (SSSR count). The third-order valence-electron chi connectivity index (χ3n) is 3.23. The highest BCUT2D eigenvalue weighted by Crippen LogP contribution is 2.19. The van der Waals surface area contributed by atoms with E-state index in [2.05, 4.69) is 20.3 Å². The van der Waals surface area contributed by atoms with E-state index < -0.39 is 11.9 Å². The Morgan fingerprint density at radius 3 is 2.85 bits per heavy atom. The quantitative estimate of drug-likeness (QED) is 0.534. The topological polar surface area (TPSA) is 114 Å². The minimum absolute atomic E-state index is 0.0236. The van der Waals surface area contributed by atoms with E-state index in [0.717, 1.165) is 16.9 Å². The van der Waals surface area contributed by atoms with Crippen molar-refractivity contribution in [3.8, 4) is 5.88 Å². The number of halogens is 1. The van der Waals surface area contributed by atoms with Crippen LogP contribution in [0, 0.1) is 0 Å². The molecular formula is C16H13ClN4O4S2. The first-order valence-electron chi connectivity index (χ1n) is 7.65. The summed E-state index contributed by atoms with van der Waals surface area (Å²) in [5.41, 5.74) is 1.54. The summed E-state index contributed by atoms with van der Waals surface area (Å²) in [6.07, 6.45) is 0.492. The predicted octanol–water partition coefficient (Wildman–Crippen LogP) is 3.15. The van der Waals surface area contributed by atoms with Crippen LogP contribution in [0.15, 0.2) is 28.3 Å². The number of thiazole rings is 1. The fraction of sp³-hybridized carbons (Fsp3) is 0.188. The molecule has 1 amide bonds. The van der Waals surface area contributed by atoms with E-state index in [9.17, 15) is 9.59 Å². The van der Waals surface area contributed by atoms with E-state index in [-0.39, 0.29) is 28.4 Å². The number of amides is 1. The van der Waals surface area contributed by atoms with Crippen molar-refractivity contribution in [1.82, 2.24) is 15.0 Å². The van der Waals surface area contributed by atoms with Gasteiger partial charge in [0.05, 0.1) is 18.7 Å². The highest BCUT2D eigenvalue weighted by atomic mass is 35.5. The summed E-state index contributed by atoms with van der Waals surface area (Å²) in [5, 5.41) is 17.1. The predicted molar refractivity (Wildman–Crippen MR) is 102 cm³/mol. The van der Waals surface area contributed by atoms with Gasteiger partial charge in [-0.1, -0.05) is 0 Å². The van der Waals surface area contributed by atoms with E-state index in [1.807, 2.05) is 16.8 Å². The monoisotopic (exact) mass is 424 g/mol. The van der Waals surface area contributed by atoms with Crippen molar-refractivity contribution in [1.29, 1.82) is 0 Å². The van der Waals surface area contributed by atoms with Crippen molar-refractivity contribution in [2.75, 3.05) is 11.9 Å². The van der Waals surface area contributed by atoms with Gasteiger partial charge >= 0.3 is 5.97 Å². The Labute approximate surface area is 166 Å². The first kappa shape index (κ1) is 19.2. The summed E-state index contributed by atoms with van der Waals surface area (Å²) in [6, 6.07) is 3.40. The molecule has 8 nitrogen and oxygen atoms in total. The van der Waals surface area contributed by atoms with E-state index in [4.69, 9.17) is 21.4 Å². The number of ether oxygens (including phenoxy) is 1. The molecule has 3 aromatic rings. The van der Waals surface area contributed by atoms with Gasteiger partial charge in [-0.05, 0) is 34.0 Å². The number of anilines is 1. The van der Waals surface area contributed by atoms with Crippen molar-refractivity contribution >= 4 is 51.3 Å². The highest BCUT2D eigenvalue weighted by molar-refractivity contribution is 7.14. The normalized spacial score (nSPS) is 10.6. The van der Waals surface area contributed by atoms with Crippen molar-refractivity contribution in [2.45, 2.75) is 12.8 Å². The third-order valence-corrected chi connectivity index (χ3v) is 4.94. The SMILES string of the molecule is O=C(O)Cc1csc(NC(=O)c2cc(OCCc3ccsc3)nc(Cl)n2)n1. The molecule has 3 heterocycles. The van der Waals surface area contributed by atoms with Crippen LogP contribution in [0.4, 0.5) is 5.13 Å². The Balaban J connectivity index is 1.62. The Hall–Kier alpha value is -2.56. The van der Waals surface area contributed by atoms with Crippen LogP contribution in [0.25, 0.3) is 0 Å². The fourth-order valence-electron chi connectivity index (χ4n) is 2.06. The maximum absolute atomic E-state index is 12.3. The van der Waals surface area contributed by atoms with E-state index in [1.165, 1.54) is 6.07 Å². The standard InChI is InChI=1S/C16H13ClN4O4S2/c17-15-19-11(6-12(20-15)25-3-1-9-2-4-26-7-9)14(24)21-16-18-10(8-27-16)5-13(22)23/h2,4,6-8H,1,3,5H2,(H,22,23)(H,18,21,24). The number of nitrogens with one attached hydrogen (secondary N) is 1. The summed E-state index contributed by atoms with van der Waals surface area (Å²) in [5.74, 6) is -1.34. The summed E-state index contributed by atoms with van der Waals surface area (Å²) >= 11 is 8.61. The van der Waals surface area contributed by atoms with Gasteiger partial charge in [0, 0.05) is 17.9 Å². The van der Waals surface area contributed by atoms with Crippen LogP contribution in [-0.2, 0) is 17.6 Å². The number of nitrogens with zero attached hydrogens (tertiary/aromatic N) is 3. The van der Waals surface area contributed by atoms with Gasteiger partial charge in [0.2, 0.25) is 11.2 Å². The van der Waals surface area contributed by atoms with Crippen LogP contribution in [0.3, 0.4) is 0 Å². The van der Waals surface area contributed by atoms with Crippen LogP contribution in [-0.4, -0.2) is 38.5 Å². The molecule has 0 aliphatic heterocycles. The Morgan fingerprint density at radius 1 is 1.26 bits per heavy atom. The molecule has 0 atom stereocenters. The molecule has 11 heteroatoms. The Bertz CT molecular complexity index is 946. The lowest BCUT2D eigenvalue weighted by molar-refractivity contribution is -0.136. The number of aromatic nitrogens is 3. The molecule has 2 N–H and O–H groups in total. The van der Waals surface area contributed by atoms with Crippen LogP contribution in [0.1, 0.15) is 21.7 Å². The maximum atomic E-state index is 12.3. The lowest BCUT2D eigenvalue weighted by atomic mass is 10.3. The molecule has 0 saturated carbocycles. The molecule has 0 bridgehead atoms. The van der Waals surface area contributed by atoms with Crippen molar-refractivity contribution in [2.24, 2.45) is 0 Å².